The summed E-state index contributed by atoms with van der Waals surface area (Å²) in [6, 6.07) is 8.06. The third kappa shape index (κ3) is 2.44. The molecule has 0 atom stereocenters. The van der Waals surface area contributed by atoms with Gasteiger partial charge in [-0.05, 0) is 12.1 Å². The van der Waals surface area contributed by atoms with Crippen LogP contribution in [0.5, 0.6) is 11.8 Å². The van der Waals surface area contributed by atoms with Gasteiger partial charge in [0.1, 0.15) is 4.90 Å². The van der Waals surface area contributed by atoms with Crippen molar-refractivity contribution in [3.05, 3.63) is 36.4 Å². The Labute approximate surface area is 132 Å². The molecule has 0 bridgehead atoms. The summed E-state index contributed by atoms with van der Waals surface area (Å²) in [5.41, 5.74) is 0.308. The van der Waals surface area contributed by atoms with Crippen LogP contribution in [-0.2, 0) is 10.0 Å². The van der Waals surface area contributed by atoms with Gasteiger partial charge < -0.3 is 14.8 Å². The molecule has 0 aliphatic carbocycles. The van der Waals surface area contributed by atoms with Crippen LogP contribution in [0, 0.1) is 0 Å². The van der Waals surface area contributed by atoms with Crippen molar-refractivity contribution < 1.29 is 22.7 Å². The van der Waals surface area contributed by atoms with Crippen molar-refractivity contribution >= 4 is 27.4 Å². The van der Waals surface area contributed by atoms with E-state index in [1.54, 1.807) is 12.1 Å². The molecule has 2 heterocycles. The molecule has 8 nitrogen and oxygen atoms in total. The summed E-state index contributed by atoms with van der Waals surface area (Å²) in [5.74, 6) is 0.252. The number of urea groups is 1. The predicted octanol–water partition coefficient (Wildman–Crippen LogP) is 1.84. The molecule has 9 heteroatoms. The van der Waals surface area contributed by atoms with Crippen molar-refractivity contribution in [2.75, 3.05) is 23.8 Å². The van der Waals surface area contributed by atoms with E-state index in [1.165, 1.54) is 38.5 Å². The first kappa shape index (κ1) is 15.1. The number of nitrogens with zero attached hydrogens (tertiary/aromatic N) is 2. The zero-order valence-electron chi connectivity index (χ0n) is 12.3. The Balaban J connectivity index is 2.19. The molecule has 1 aliphatic rings. The van der Waals surface area contributed by atoms with E-state index in [0.717, 1.165) is 0 Å². The molecule has 1 N–H and O–H groups in total. The monoisotopic (exact) mass is 335 g/mol. The fraction of sp³-hybridized carbons (Fsp3) is 0.143. The maximum Gasteiger partial charge on any atom is 0.340 e. The highest BCUT2D eigenvalue weighted by Gasteiger charge is 2.38. The van der Waals surface area contributed by atoms with Crippen LogP contribution in [0.25, 0.3) is 0 Å². The number of amides is 2. The van der Waals surface area contributed by atoms with Crippen LogP contribution in [0.4, 0.5) is 16.2 Å². The zero-order valence-corrected chi connectivity index (χ0v) is 13.1. The van der Waals surface area contributed by atoms with Gasteiger partial charge in [-0.1, -0.05) is 12.1 Å². The van der Waals surface area contributed by atoms with Crippen molar-refractivity contribution in [3.8, 4) is 11.8 Å². The normalized spacial score (nSPS) is 15.6. The average Bonchev–Trinajstić information content (AvgIpc) is 2.54. The lowest BCUT2D eigenvalue weighted by molar-refractivity contribution is 0.259. The predicted molar refractivity (Wildman–Crippen MR) is 82.5 cm³/mol. The molecule has 2 aromatic rings. The highest BCUT2D eigenvalue weighted by atomic mass is 32.2. The molecule has 0 radical (unpaired) electrons. The summed E-state index contributed by atoms with van der Waals surface area (Å²) in [4.78, 5) is 16.3. The second-order valence-electron chi connectivity index (χ2n) is 4.61. The molecule has 0 unspecified atom stereocenters. The lowest BCUT2D eigenvalue weighted by atomic mass is 10.3. The first-order chi connectivity index (χ1) is 11.0. The molecule has 1 aliphatic heterocycles. The van der Waals surface area contributed by atoms with Crippen LogP contribution in [0.15, 0.2) is 41.3 Å². The number of ether oxygens (including phenoxy) is 2. The van der Waals surface area contributed by atoms with Gasteiger partial charge in [-0.15, -0.1) is 0 Å². The van der Waals surface area contributed by atoms with Gasteiger partial charge in [0.05, 0.1) is 25.6 Å². The summed E-state index contributed by atoms with van der Waals surface area (Å²) in [7, 11) is -1.29. The number of aromatic nitrogens is 1. The summed E-state index contributed by atoms with van der Waals surface area (Å²) >= 11 is 0. The minimum Gasteiger partial charge on any atom is -0.481 e. The van der Waals surface area contributed by atoms with E-state index in [0.29, 0.717) is 4.31 Å². The number of para-hydroxylation sites is 1. The van der Waals surface area contributed by atoms with E-state index in [1.807, 2.05) is 0 Å². The van der Waals surface area contributed by atoms with E-state index in [-0.39, 0.29) is 28.0 Å². The van der Waals surface area contributed by atoms with Gasteiger partial charge in [-0.3, -0.25) is 0 Å². The summed E-state index contributed by atoms with van der Waals surface area (Å²) in [6.07, 6.45) is 0. The Bertz CT molecular complexity index is 859. The number of rotatable bonds is 3. The van der Waals surface area contributed by atoms with E-state index in [2.05, 4.69) is 10.3 Å². The maximum atomic E-state index is 12.8. The van der Waals surface area contributed by atoms with Crippen LogP contribution < -0.4 is 19.1 Å². The number of fused-ring (bicyclic) bond motifs is 1. The van der Waals surface area contributed by atoms with Crippen LogP contribution in [0.1, 0.15) is 0 Å². The number of benzene rings is 1. The van der Waals surface area contributed by atoms with Gasteiger partial charge >= 0.3 is 6.03 Å². The van der Waals surface area contributed by atoms with Crippen LogP contribution in [-0.4, -0.2) is 33.7 Å². The molecule has 23 heavy (non-hydrogen) atoms. The van der Waals surface area contributed by atoms with Crippen LogP contribution >= 0.6 is 0 Å². The minimum absolute atomic E-state index is 0.00865. The summed E-state index contributed by atoms with van der Waals surface area (Å²) < 4.78 is 36.2. The van der Waals surface area contributed by atoms with Crippen LogP contribution in [0.2, 0.25) is 0 Å². The van der Waals surface area contributed by atoms with Gasteiger partial charge in [0.15, 0.2) is 0 Å². The molecule has 3 rings (SSSR count). The molecular weight excluding hydrogens is 322 g/mol. The average molecular weight is 335 g/mol. The number of sulfonamides is 1. The number of hydrogen-bond donors (Lipinski definition) is 1. The van der Waals surface area contributed by atoms with Gasteiger partial charge in [0.25, 0.3) is 10.0 Å². The van der Waals surface area contributed by atoms with Gasteiger partial charge in [0.2, 0.25) is 11.8 Å². The van der Waals surface area contributed by atoms with Crippen molar-refractivity contribution in [1.29, 1.82) is 0 Å². The first-order valence-electron chi connectivity index (χ1n) is 6.53. The van der Waals surface area contributed by atoms with Crippen molar-refractivity contribution in [1.82, 2.24) is 4.98 Å². The maximum absolute atomic E-state index is 12.8. The molecule has 0 spiro atoms. The Morgan fingerprint density at radius 2 is 1.70 bits per heavy atom. The van der Waals surface area contributed by atoms with Gasteiger partial charge in [-0.2, -0.15) is 9.29 Å². The third-order valence-corrected chi connectivity index (χ3v) is 5.02. The molecule has 1 aromatic carbocycles. The number of nitrogens with one attached hydrogen (secondary N) is 1. The van der Waals surface area contributed by atoms with Gasteiger partial charge in [-0.25, -0.2) is 13.2 Å². The van der Waals surface area contributed by atoms with E-state index < -0.39 is 16.1 Å². The van der Waals surface area contributed by atoms with Gasteiger partial charge in [0, 0.05) is 12.1 Å². The van der Waals surface area contributed by atoms with E-state index in [4.69, 9.17) is 9.47 Å². The number of carbonyl (C=O) groups excluding carboxylic acids is 1. The zero-order chi connectivity index (χ0) is 16.6. The fourth-order valence-electron chi connectivity index (χ4n) is 2.22. The second-order valence-corrected chi connectivity index (χ2v) is 6.36. The Kier molecular flexibility index (Phi) is 3.57. The highest BCUT2D eigenvalue weighted by molar-refractivity contribution is 7.94. The number of pyridine rings is 1. The molecule has 0 saturated heterocycles. The van der Waals surface area contributed by atoms with E-state index >= 15 is 0 Å². The smallest absolute Gasteiger partial charge is 0.340 e. The SMILES string of the molecule is COc1cc(N2C(=O)Nc3ccccc3S2(=O)=O)cc(OC)n1. The van der Waals surface area contributed by atoms with Crippen molar-refractivity contribution in [2.24, 2.45) is 0 Å². The largest absolute Gasteiger partial charge is 0.481 e. The first-order valence-corrected chi connectivity index (χ1v) is 7.97. The summed E-state index contributed by atoms with van der Waals surface area (Å²) in [6.45, 7) is 0. The fourth-order valence-corrected chi connectivity index (χ4v) is 3.71. The molecule has 0 saturated carbocycles. The second kappa shape index (κ2) is 5.43. The Hall–Kier alpha value is -2.81. The quantitative estimate of drug-likeness (QED) is 0.919. The van der Waals surface area contributed by atoms with Crippen molar-refractivity contribution in [2.45, 2.75) is 4.90 Å². The number of hydrogen-bond acceptors (Lipinski definition) is 6. The molecule has 120 valence electrons. The van der Waals surface area contributed by atoms with Crippen LogP contribution in [0.3, 0.4) is 0 Å². The minimum atomic E-state index is -4.05. The Morgan fingerprint density at radius 3 is 2.30 bits per heavy atom. The highest BCUT2D eigenvalue weighted by Crippen LogP contribution is 2.35. The lowest BCUT2D eigenvalue weighted by Gasteiger charge is -2.28. The third-order valence-electron chi connectivity index (χ3n) is 3.25. The topological polar surface area (TPSA) is 97.8 Å². The number of anilines is 2. The van der Waals surface area contributed by atoms with Crippen molar-refractivity contribution in [3.63, 3.8) is 0 Å². The van der Waals surface area contributed by atoms with E-state index in [9.17, 15) is 13.2 Å². The Morgan fingerprint density at radius 1 is 1.09 bits per heavy atom. The number of carbonyl (C=O) groups is 1. The standard InChI is InChI=1S/C14H13N3O5S/c1-21-12-7-9(8-13(16-12)22-2)17-14(18)15-10-5-3-4-6-11(10)23(17,19)20/h3-8H,1-2H3,(H,15,18). The molecule has 0 fully saturated rings. The molecule has 2 amide bonds. The summed E-state index contributed by atoms with van der Waals surface area (Å²) in [5, 5.41) is 2.54. The number of methoxy groups -OCH3 is 2. The lowest BCUT2D eigenvalue weighted by Crippen LogP contribution is -2.44. The molecule has 1 aromatic heterocycles. The molecular formula is C14H13N3O5S.